The first-order chi connectivity index (χ1) is 8.10. The Bertz CT molecular complexity index is 341. The van der Waals surface area contributed by atoms with Crippen LogP contribution in [0.1, 0.15) is 30.3 Å². The minimum absolute atomic E-state index is 0.434. The van der Waals surface area contributed by atoms with Gasteiger partial charge < -0.3 is 10.1 Å². The minimum Gasteiger partial charge on any atom is -0.383 e. The number of rotatable bonds is 7. The third-order valence-electron chi connectivity index (χ3n) is 3.26. The van der Waals surface area contributed by atoms with E-state index in [2.05, 4.69) is 31.2 Å². The molecule has 4 nitrogen and oxygen atoms in total. The van der Waals surface area contributed by atoms with Crippen LogP contribution in [-0.4, -0.2) is 36.1 Å². The summed E-state index contributed by atoms with van der Waals surface area (Å²) in [6, 6.07) is 0.434. The highest BCUT2D eigenvalue weighted by atomic mass is 16.5. The highest BCUT2D eigenvalue weighted by Gasteiger charge is 2.12. The van der Waals surface area contributed by atoms with E-state index < -0.39 is 0 Å². The van der Waals surface area contributed by atoms with Gasteiger partial charge in [0.25, 0.3) is 0 Å². The first-order valence-electron chi connectivity index (χ1n) is 6.31. The molecule has 0 saturated carbocycles. The molecular weight excluding hydrogens is 214 g/mol. The molecule has 0 fully saturated rings. The molecule has 0 aromatic carbocycles. The Morgan fingerprint density at radius 3 is 2.59 bits per heavy atom. The zero-order valence-electron chi connectivity index (χ0n) is 11.7. The first kappa shape index (κ1) is 14.2. The molecule has 0 aliphatic carbocycles. The van der Waals surface area contributed by atoms with Crippen molar-refractivity contribution in [1.82, 2.24) is 15.1 Å². The molecule has 1 rings (SSSR count). The van der Waals surface area contributed by atoms with Gasteiger partial charge in [-0.1, -0.05) is 6.92 Å². The van der Waals surface area contributed by atoms with E-state index in [0.29, 0.717) is 6.04 Å². The lowest BCUT2D eigenvalue weighted by molar-refractivity contribution is 0.163. The number of likely N-dealkylation sites (N-methyl/N-ethyl adjacent to an activating group) is 1. The summed E-state index contributed by atoms with van der Waals surface area (Å²) < 4.78 is 7.19. The topological polar surface area (TPSA) is 39.1 Å². The van der Waals surface area contributed by atoms with Crippen LogP contribution in [0.3, 0.4) is 0 Å². The van der Waals surface area contributed by atoms with Crippen LogP contribution in [0.4, 0.5) is 0 Å². The van der Waals surface area contributed by atoms with Crippen molar-refractivity contribution in [2.45, 2.75) is 39.7 Å². The normalized spacial score (nSPS) is 13.0. The molecule has 17 heavy (non-hydrogen) atoms. The lowest BCUT2D eigenvalue weighted by Gasteiger charge is -2.16. The van der Waals surface area contributed by atoms with Crippen LogP contribution in [0.2, 0.25) is 0 Å². The quantitative estimate of drug-likeness (QED) is 0.785. The zero-order chi connectivity index (χ0) is 12.8. The second-order valence-corrected chi connectivity index (χ2v) is 4.52. The molecule has 0 aliphatic rings. The third kappa shape index (κ3) is 3.82. The van der Waals surface area contributed by atoms with Gasteiger partial charge in [-0.05, 0) is 38.8 Å². The van der Waals surface area contributed by atoms with Gasteiger partial charge in [-0.25, -0.2) is 0 Å². The van der Waals surface area contributed by atoms with Crippen LogP contribution in [0.5, 0.6) is 0 Å². The molecule has 1 unspecified atom stereocenters. The van der Waals surface area contributed by atoms with Gasteiger partial charge in [-0.2, -0.15) is 5.10 Å². The van der Waals surface area contributed by atoms with Crippen LogP contribution in [0, 0.1) is 13.8 Å². The number of methoxy groups -OCH3 is 1. The van der Waals surface area contributed by atoms with Crippen molar-refractivity contribution in [1.29, 1.82) is 0 Å². The number of aryl methyl sites for hydroxylation is 2. The lowest BCUT2D eigenvalue weighted by atomic mass is 10.0. The molecule has 0 amide bonds. The SMILES string of the molecule is CCNC(CCc1c(C)nn(C)c1C)COC. The Hall–Kier alpha value is -0.870. The molecule has 1 atom stereocenters. The van der Waals surface area contributed by atoms with Crippen LogP contribution in [0.25, 0.3) is 0 Å². The zero-order valence-corrected chi connectivity index (χ0v) is 11.7. The van der Waals surface area contributed by atoms with E-state index in [1.165, 1.54) is 11.3 Å². The van der Waals surface area contributed by atoms with E-state index >= 15 is 0 Å². The van der Waals surface area contributed by atoms with Crippen molar-refractivity contribution in [2.24, 2.45) is 7.05 Å². The maximum absolute atomic E-state index is 5.23. The summed E-state index contributed by atoms with van der Waals surface area (Å²) in [5, 5.41) is 7.89. The summed E-state index contributed by atoms with van der Waals surface area (Å²) in [5.74, 6) is 0. The molecule has 1 N–H and O–H groups in total. The number of hydrogen-bond acceptors (Lipinski definition) is 3. The molecular formula is C13H25N3O. The van der Waals surface area contributed by atoms with Gasteiger partial charge in [0, 0.05) is 25.9 Å². The molecule has 0 radical (unpaired) electrons. The number of ether oxygens (including phenoxy) is 1. The van der Waals surface area contributed by atoms with Gasteiger partial charge in [0.15, 0.2) is 0 Å². The van der Waals surface area contributed by atoms with Crippen molar-refractivity contribution < 1.29 is 4.74 Å². The molecule has 4 heteroatoms. The largest absolute Gasteiger partial charge is 0.383 e. The lowest BCUT2D eigenvalue weighted by Crippen LogP contribution is -2.33. The molecule has 1 aromatic rings. The number of aromatic nitrogens is 2. The number of hydrogen-bond donors (Lipinski definition) is 1. The average molecular weight is 239 g/mol. The smallest absolute Gasteiger partial charge is 0.0628 e. The van der Waals surface area contributed by atoms with E-state index in [9.17, 15) is 0 Å². The van der Waals surface area contributed by atoms with Crippen molar-refractivity contribution >= 4 is 0 Å². The van der Waals surface area contributed by atoms with Crippen LogP contribution >= 0.6 is 0 Å². The molecule has 0 spiro atoms. The van der Waals surface area contributed by atoms with Gasteiger partial charge in [-0.3, -0.25) is 4.68 Å². The number of nitrogens with zero attached hydrogens (tertiary/aromatic N) is 2. The minimum atomic E-state index is 0.434. The predicted molar refractivity (Wildman–Crippen MR) is 70.3 cm³/mol. The van der Waals surface area contributed by atoms with Gasteiger partial charge in [0.1, 0.15) is 0 Å². The third-order valence-corrected chi connectivity index (χ3v) is 3.26. The van der Waals surface area contributed by atoms with Crippen molar-refractivity contribution in [3.63, 3.8) is 0 Å². The Balaban J connectivity index is 2.58. The highest BCUT2D eigenvalue weighted by molar-refractivity contribution is 5.24. The standard InChI is InChI=1S/C13H25N3O/c1-6-14-12(9-17-5)7-8-13-10(2)15-16(4)11(13)3/h12,14H,6-9H2,1-5H3. The highest BCUT2D eigenvalue weighted by Crippen LogP contribution is 2.15. The maximum atomic E-state index is 5.23. The van der Waals surface area contributed by atoms with Crippen LogP contribution in [0.15, 0.2) is 0 Å². The Morgan fingerprint density at radius 1 is 1.41 bits per heavy atom. The van der Waals surface area contributed by atoms with E-state index in [1.54, 1.807) is 7.11 Å². The molecule has 0 saturated heterocycles. The fourth-order valence-corrected chi connectivity index (χ4v) is 2.23. The van der Waals surface area contributed by atoms with E-state index in [0.717, 1.165) is 31.7 Å². The monoisotopic (exact) mass is 239 g/mol. The Labute approximate surface area is 104 Å². The van der Waals surface area contributed by atoms with Crippen molar-refractivity contribution in [3.05, 3.63) is 17.0 Å². The Morgan fingerprint density at radius 2 is 2.12 bits per heavy atom. The van der Waals surface area contributed by atoms with Crippen LogP contribution in [-0.2, 0) is 18.2 Å². The molecule has 0 aliphatic heterocycles. The van der Waals surface area contributed by atoms with E-state index in [-0.39, 0.29) is 0 Å². The number of nitrogens with one attached hydrogen (secondary N) is 1. The van der Waals surface area contributed by atoms with Gasteiger partial charge in [0.05, 0.1) is 12.3 Å². The summed E-state index contributed by atoms with van der Waals surface area (Å²) in [6.07, 6.45) is 2.15. The molecule has 98 valence electrons. The summed E-state index contributed by atoms with van der Waals surface area (Å²) in [4.78, 5) is 0. The van der Waals surface area contributed by atoms with Gasteiger partial charge in [-0.15, -0.1) is 0 Å². The average Bonchev–Trinajstić information content (AvgIpc) is 2.51. The van der Waals surface area contributed by atoms with E-state index in [1.807, 2.05) is 11.7 Å². The predicted octanol–water partition coefficient (Wildman–Crippen LogP) is 1.59. The van der Waals surface area contributed by atoms with Crippen molar-refractivity contribution in [3.8, 4) is 0 Å². The molecule has 1 heterocycles. The van der Waals surface area contributed by atoms with Gasteiger partial charge >= 0.3 is 0 Å². The maximum Gasteiger partial charge on any atom is 0.0628 e. The second-order valence-electron chi connectivity index (χ2n) is 4.52. The van der Waals surface area contributed by atoms with Gasteiger partial charge in [0.2, 0.25) is 0 Å². The fourth-order valence-electron chi connectivity index (χ4n) is 2.23. The van der Waals surface area contributed by atoms with Crippen LogP contribution < -0.4 is 5.32 Å². The van der Waals surface area contributed by atoms with Crippen molar-refractivity contribution in [2.75, 3.05) is 20.3 Å². The molecule has 1 aromatic heterocycles. The summed E-state index contributed by atoms with van der Waals surface area (Å²) in [5.41, 5.74) is 3.80. The molecule has 0 bridgehead atoms. The summed E-state index contributed by atoms with van der Waals surface area (Å²) >= 11 is 0. The Kier molecular flexibility index (Phi) is 5.65. The van der Waals surface area contributed by atoms with E-state index in [4.69, 9.17) is 4.74 Å². The summed E-state index contributed by atoms with van der Waals surface area (Å²) in [6.45, 7) is 8.10. The fraction of sp³-hybridized carbons (Fsp3) is 0.769. The first-order valence-corrected chi connectivity index (χ1v) is 6.31. The summed E-state index contributed by atoms with van der Waals surface area (Å²) in [7, 11) is 3.76. The second kappa shape index (κ2) is 6.77.